The van der Waals surface area contributed by atoms with Crippen molar-refractivity contribution in [2.24, 2.45) is 5.92 Å². The van der Waals surface area contributed by atoms with Crippen LogP contribution in [0.15, 0.2) is 0 Å². The highest BCUT2D eigenvalue weighted by Crippen LogP contribution is 2.43. The van der Waals surface area contributed by atoms with Gasteiger partial charge in [0.2, 0.25) is 5.91 Å². The predicted octanol–water partition coefficient (Wildman–Crippen LogP) is 1.41. The second kappa shape index (κ2) is 5.31. The lowest BCUT2D eigenvalue weighted by molar-refractivity contribution is -0.127. The lowest BCUT2D eigenvalue weighted by atomic mass is 9.98. The SMILES string of the molecule is CC(C)(C)OC(=O)N1C2CC[C@@H](C2)C1C(=O)NCC#N. The van der Waals surface area contributed by atoms with E-state index in [9.17, 15) is 9.59 Å². The fourth-order valence-corrected chi connectivity index (χ4v) is 3.13. The van der Waals surface area contributed by atoms with Gasteiger partial charge in [-0.25, -0.2) is 4.79 Å². The van der Waals surface area contributed by atoms with Crippen molar-refractivity contribution in [3.8, 4) is 6.07 Å². The fraction of sp³-hybridized carbons (Fsp3) is 0.786. The van der Waals surface area contributed by atoms with Gasteiger partial charge < -0.3 is 10.1 Å². The van der Waals surface area contributed by atoms with Gasteiger partial charge in [-0.05, 0) is 46.0 Å². The molecule has 6 heteroatoms. The van der Waals surface area contributed by atoms with E-state index in [1.54, 1.807) is 4.90 Å². The smallest absolute Gasteiger partial charge is 0.411 e. The molecule has 2 rings (SSSR count). The summed E-state index contributed by atoms with van der Waals surface area (Å²) in [5, 5.41) is 11.1. The minimum atomic E-state index is -0.577. The number of nitriles is 1. The zero-order valence-corrected chi connectivity index (χ0v) is 12.2. The molecule has 20 heavy (non-hydrogen) atoms. The number of rotatable bonds is 2. The van der Waals surface area contributed by atoms with Crippen molar-refractivity contribution < 1.29 is 14.3 Å². The minimum absolute atomic E-state index is 0.0329. The number of nitrogens with one attached hydrogen (secondary N) is 1. The average molecular weight is 279 g/mol. The Kier molecular flexibility index (Phi) is 3.89. The summed E-state index contributed by atoms with van der Waals surface area (Å²) in [6, 6.07) is 1.48. The second-order valence-corrected chi connectivity index (χ2v) is 6.44. The van der Waals surface area contributed by atoms with Crippen molar-refractivity contribution in [3.05, 3.63) is 0 Å². The van der Waals surface area contributed by atoms with E-state index in [1.807, 2.05) is 26.8 Å². The predicted molar refractivity (Wildman–Crippen MR) is 71.6 cm³/mol. The Morgan fingerprint density at radius 1 is 1.40 bits per heavy atom. The molecule has 0 aromatic rings. The minimum Gasteiger partial charge on any atom is -0.444 e. The first-order valence-corrected chi connectivity index (χ1v) is 6.99. The molecule has 2 amide bonds. The molecule has 0 aromatic heterocycles. The molecule has 2 unspecified atom stereocenters. The van der Waals surface area contributed by atoms with Gasteiger partial charge in [0.1, 0.15) is 18.2 Å². The van der Waals surface area contributed by atoms with Gasteiger partial charge in [-0.1, -0.05) is 0 Å². The van der Waals surface area contributed by atoms with Crippen LogP contribution in [0.1, 0.15) is 40.0 Å². The molecule has 6 nitrogen and oxygen atoms in total. The third kappa shape index (κ3) is 2.87. The van der Waals surface area contributed by atoms with Crippen LogP contribution in [0.25, 0.3) is 0 Å². The quantitative estimate of drug-likeness (QED) is 0.775. The topological polar surface area (TPSA) is 82.4 Å². The van der Waals surface area contributed by atoms with E-state index in [0.717, 1.165) is 19.3 Å². The first kappa shape index (κ1) is 14.6. The number of carbonyl (C=O) groups excluding carboxylic acids is 2. The monoisotopic (exact) mass is 279 g/mol. The molecule has 2 aliphatic rings. The summed E-state index contributed by atoms with van der Waals surface area (Å²) in [6.07, 6.45) is 2.30. The van der Waals surface area contributed by atoms with E-state index >= 15 is 0 Å². The van der Waals surface area contributed by atoms with Crippen molar-refractivity contribution in [1.29, 1.82) is 5.26 Å². The van der Waals surface area contributed by atoms with Crippen LogP contribution in [0.2, 0.25) is 0 Å². The number of fused-ring (bicyclic) bond motifs is 2. The molecule has 3 atom stereocenters. The van der Waals surface area contributed by atoms with Gasteiger partial charge >= 0.3 is 6.09 Å². The van der Waals surface area contributed by atoms with Crippen molar-refractivity contribution >= 4 is 12.0 Å². The zero-order valence-electron chi connectivity index (χ0n) is 12.2. The molecule has 2 bridgehead atoms. The Bertz CT molecular complexity index is 450. The van der Waals surface area contributed by atoms with E-state index in [2.05, 4.69) is 5.32 Å². The van der Waals surface area contributed by atoms with E-state index < -0.39 is 17.7 Å². The highest BCUT2D eigenvalue weighted by atomic mass is 16.6. The van der Waals surface area contributed by atoms with Crippen LogP contribution >= 0.6 is 0 Å². The average Bonchev–Trinajstić information content (AvgIpc) is 2.93. The molecule has 0 radical (unpaired) electrons. The lowest BCUT2D eigenvalue weighted by Crippen LogP contribution is -2.53. The highest BCUT2D eigenvalue weighted by molar-refractivity contribution is 5.87. The van der Waals surface area contributed by atoms with Gasteiger partial charge in [0.25, 0.3) is 0 Å². The number of ether oxygens (including phenoxy) is 1. The second-order valence-electron chi connectivity index (χ2n) is 6.44. The number of nitrogens with zero attached hydrogens (tertiary/aromatic N) is 2. The maximum atomic E-state index is 12.3. The molecule has 110 valence electrons. The Labute approximate surface area is 119 Å². The van der Waals surface area contributed by atoms with Crippen molar-refractivity contribution in [2.75, 3.05) is 6.54 Å². The van der Waals surface area contributed by atoms with Gasteiger partial charge in [-0.2, -0.15) is 5.26 Å². The van der Waals surface area contributed by atoms with Gasteiger partial charge in [0.05, 0.1) is 6.07 Å². The third-order valence-corrected chi connectivity index (χ3v) is 3.80. The van der Waals surface area contributed by atoms with Crippen molar-refractivity contribution in [1.82, 2.24) is 10.2 Å². The summed E-state index contributed by atoms with van der Waals surface area (Å²) >= 11 is 0. The number of carbonyl (C=O) groups is 2. The largest absolute Gasteiger partial charge is 0.444 e. The maximum Gasteiger partial charge on any atom is 0.411 e. The Morgan fingerprint density at radius 2 is 2.10 bits per heavy atom. The summed E-state index contributed by atoms with van der Waals surface area (Å²) in [4.78, 5) is 26.0. The molecule has 1 aliphatic heterocycles. The molecular formula is C14H21N3O3. The first-order chi connectivity index (χ1) is 9.33. The maximum absolute atomic E-state index is 12.3. The highest BCUT2D eigenvalue weighted by Gasteiger charge is 2.52. The van der Waals surface area contributed by atoms with Gasteiger partial charge in [-0.15, -0.1) is 0 Å². The van der Waals surface area contributed by atoms with Crippen LogP contribution in [0.5, 0.6) is 0 Å². The fourth-order valence-electron chi connectivity index (χ4n) is 3.13. The van der Waals surface area contributed by atoms with Gasteiger partial charge in [0, 0.05) is 6.04 Å². The van der Waals surface area contributed by atoms with Crippen LogP contribution in [-0.2, 0) is 9.53 Å². The molecule has 1 heterocycles. The Hall–Kier alpha value is -1.77. The van der Waals surface area contributed by atoms with Crippen LogP contribution in [0.4, 0.5) is 4.79 Å². The molecule has 0 spiro atoms. The third-order valence-electron chi connectivity index (χ3n) is 3.80. The normalized spacial score (nSPS) is 28.1. The number of hydrogen-bond acceptors (Lipinski definition) is 4. The molecular weight excluding hydrogens is 258 g/mol. The Balaban J connectivity index is 2.11. The number of likely N-dealkylation sites (tertiary alicyclic amines) is 1. The molecule has 0 aromatic carbocycles. The van der Waals surface area contributed by atoms with E-state index in [4.69, 9.17) is 10.00 Å². The molecule has 1 saturated heterocycles. The summed E-state index contributed by atoms with van der Waals surface area (Å²) in [7, 11) is 0. The van der Waals surface area contributed by atoms with Crippen molar-refractivity contribution in [3.63, 3.8) is 0 Å². The van der Waals surface area contributed by atoms with Crippen LogP contribution < -0.4 is 5.32 Å². The molecule has 1 N–H and O–H groups in total. The zero-order chi connectivity index (χ0) is 14.9. The summed E-state index contributed by atoms with van der Waals surface area (Å²) < 4.78 is 5.40. The van der Waals surface area contributed by atoms with Crippen LogP contribution in [0, 0.1) is 17.2 Å². The van der Waals surface area contributed by atoms with Gasteiger partial charge in [0.15, 0.2) is 0 Å². The van der Waals surface area contributed by atoms with Crippen molar-refractivity contribution in [2.45, 2.75) is 57.7 Å². The van der Waals surface area contributed by atoms with E-state index in [-0.39, 0.29) is 24.4 Å². The van der Waals surface area contributed by atoms with E-state index in [1.165, 1.54) is 0 Å². The number of piperidine rings is 1. The Morgan fingerprint density at radius 3 is 2.70 bits per heavy atom. The number of hydrogen-bond donors (Lipinski definition) is 1. The lowest BCUT2D eigenvalue weighted by Gasteiger charge is -2.35. The summed E-state index contributed by atoms with van der Waals surface area (Å²) in [5.41, 5.74) is -0.577. The summed E-state index contributed by atoms with van der Waals surface area (Å²) in [5.74, 6) is -0.0594. The molecule has 2 fully saturated rings. The van der Waals surface area contributed by atoms with E-state index in [0.29, 0.717) is 0 Å². The molecule has 1 saturated carbocycles. The van der Waals surface area contributed by atoms with Gasteiger partial charge in [-0.3, -0.25) is 9.69 Å². The standard InChI is InChI=1S/C14H21N3O3/c1-14(2,3)20-13(19)17-10-5-4-9(8-10)11(17)12(18)16-7-6-15/h9-11H,4-5,7-8H2,1-3H3,(H,16,18)/t9-,10?,11?/m0/s1. The first-order valence-electron chi connectivity index (χ1n) is 6.99. The number of amides is 2. The van der Waals surface area contributed by atoms with Crippen LogP contribution in [0.3, 0.4) is 0 Å². The summed E-state index contributed by atoms with van der Waals surface area (Å²) in [6.45, 7) is 5.40. The van der Waals surface area contributed by atoms with Crippen LogP contribution in [-0.4, -0.2) is 41.1 Å². The molecule has 1 aliphatic carbocycles.